The fourth-order valence-corrected chi connectivity index (χ4v) is 6.06. The average Bonchev–Trinajstić information content (AvgIpc) is 3.59. The second kappa shape index (κ2) is 12.0. The van der Waals surface area contributed by atoms with Crippen LogP contribution in [0.2, 0.25) is 0 Å². The Kier molecular flexibility index (Phi) is 7.85. The van der Waals surface area contributed by atoms with Crippen LogP contribution in [0.15, 0.2) is 59.9 Å². The van der Waals surface area contributed by atoms with Crippen LogP contribution in [0.25, 0.3) is 52.9 Å². The topological polar surface area (TPSA) is 113 Å². The first-order valence-corrected chi connectivity index (χ1v) is 13.9. The maximum absolute atomic E-state index is 10.4. The molecule has 46 heavy (non-hydrogen) atoms. The van der Waals surface area contributed by atoms with Crippen LogP contribution in [0.3, 0.4) is 0 Å². The Morgan fingerprint density at radius 2 is 1.24 bits per heavy atom. The van der Waals surface area contributed by atoms with E-state index in [-0.39, 0.29) is 33.8 Å². The van der Waals surface area contributed by atoms with Gasteiger partial charge in [0.2, 0.25) is 5.70 Å². The molecule has 0 N–H and O–H groups in total. The lowest BCUT2D eigenvalue weighted by Crippen LogP contribution is -1.95. The minimum absolute atomic E-state index is 0.172. The molecule has 0 bridgehead atoms. The summed E-state index contributed by atoms with van der Waals surface area (Å²) < 4.78 is 0. The van der Waals surface area contributed by atoms with E-state index >= 15 is 0 Å². The molecule has 0 heterocycles. The van der Waals surface area contributed by atoms with Crippen molar-refractivity contribution in [2.75, 3.05) is 0 Å². The van der Waals surface area contributed by atoms with Crippen molar-refractivity contribution in [1.29, 1.82) is 21.0 Å². The molecule has 3 aromatic rings. The quantitative estimate of drug-likeness (QED) is 0.225. The number of nitriles is 4. The molecule has 8 nitrogen and oxygen atoms in total. The zero-order valence-electron chi connectivity index (χ0n) is 24.6. The summed E-state index contributed by atoms with van der Waals surface area (Å²) in [6.07, 6.45) is 1.06. The van der Waals surface area contributed by atoms with Gasteiger partial charge in [0.15, 0.2) is 5.69 Å². The lowest BCUT2D eigenvalue weighted by molar-refractivity contribution is 1.12. The molecular formula is C38H18N8. The molecule has 0 unspecified atom stereocenters. The molecule has 0 saturated carbocycles. The lowest BCUT2D eigenvalue weighted by Gasteiger charge is -2.14. The Hall–Kier alpha value is -7.46. The summed E-state index contributed by atoms with van der Waals surface area (Å²) in [6.45, 7) is 35.1. The van der Waals surface area contributed by atoms with Gasteiger partial charge in [0.1, 0.15) is 6.07 Å². The normalized spacial score (nSPS) is 14.7. The van der Waals surface area contributed by atoms with Gasteiger partial charge in [-0.3, -0.25) is 0 Å². The highest BCUT2D eigenvalue weighted by molar-refractivity contribution is 6.27. The van der Waals surface area contributed by atoms with Crippen molar-refractivity contribution in [3.05, 3.63) is 156 Å². The maximum Gasteiger partial charge on any atom is 0.270 e. The minimum Gasteiger partial charge on any atom is -0.238 e. The number of nitrogens with zero attached hydrogens (tertiary/aromatic N) is 8. The fourth-order valence-electron chi connectivity index (χ4n) is 6.06. The summed E-state index contributed by atoms with van der Waals surface area (Å²) in [5.74, 6) is 0. The van der Waals surface area contributed by atoms with Gasteiger partial charge in [-0.05, 0) is 92.3 Å². The van der Waals surface area contributed by atoms with Crippen molar-refractivity contribution in [2.45, 2.75) is 26.7 Å². The second-order valence-corrected chi connectivity index (χ2v) is 10.2. The fraction of sp³-hybridized carbons (Fsp3) is 0.105. The van der Waals surface area contributed by atoms with Gasteiger partial charge in [-0.2, -0.15) is 10.5 Å². The monoisotopic (exact) mass is 586 g/mol. The number of hydrogen-bond donors (Lipinski definition) is 0. The highest BCUT2D eigenvalue weighted by Crippen LogP contribution is 2.52. The standard InChI is InChI=1S/C38H18N8/c1-7-21-13-28-29(15-25(21)17-39)38(46-6)35(37(28)33(20-42)45-5)24-11-9-10-23(12-24)34-30(18-40)26-16-31(43-3)22(8-2)14-27(26)36(34)32(19-41)44-4/h9-16H,7-8H2,1-2H3/b36-32+,37-33-. The first-order chi connectivity index (χ1) is 22.4. The molecule has 0 fully saturated rings. The van der Waals surface area contributed by atoms with E-state index in [1.54, 1.807) is 48.5 Å². The van der Waals surface area contributed by atoms with Crippen molar-refractivity contribution < 1.29 is 0 Å². The van der Waals surface area contributed by atoms with Crippen molar-refractivity contribution in [3.8, 4) is 24.3 Å². The van der Waals surface area contributed by atoms with Gasteiger partial charge in [0.05, 0.1) is 55.6 Å². The van der Waals surface area contributed by atoms with E-state index in [0.29, 0.717) is 68.6 Å². The zero-order valence-corrected chi connectivity index (χ0v) is 24.6. The Labute approximate surface area is 266 Å². The predicted molar refractivity (Wildman–Crippen MR) is 173 cm³/mol. The first-order valence-electron chi connectivity index (χ1n) is 13.9. The minimum atomic E-state index is -0.213. The summed E-state index contributed by atoms with van der Waals surface area (Å²) in [7, 11) is 0. The first kappa shape index (κ1) is 30.0. The molecule has 210 valence electrons. The van der Waals surface area contributed by atoms with Crippen LogP contribution >= 0.6 is 0 Å². The van der Waals surface area contributed by atoms with Gasteiger partial charge < -0.3 is 0 Å². The number of allylic oxidation sites excluding steroid dienone is 7. The van der Waals surface area contributed by atoms with E-state index in [9.17, 15) is 21.0 Å². The largest absolute Gasteiger partial charge is 0.270 e. The SMILES string of the molecule is [C-]#[N+]C1=C(c2cccc(C3=C(C#N)c4cc([N+]#[C-])c(CC)cc4/C3=C(/C#N)[N+]#[C-])c2)/C(=C(/C#N)[N+]#[C-])c2cc(CC)c(C#N)cc21. The molecule has 2 aliphatic carbocycles. The van der Waals surface area contributed by atoms with E-state index in [0.717, 1.165) is 11.1 Å². The van der Waals surface area contributed by atoms with Gasteiger partial charge in [-0.1, -0.05) is 44.2 Å². The number of fused-ring (bicyclic) bond motifs is 2. The molecule has 2 aliphatic rings. The van der Waals surface area contributed by atoms with Crippen LogP contribution in [-0.4, -0.2) is 0 Å². The molecule has 0 aliphatic heterocycles. The van der Waals surface area contributed by atoms with Gasteiger partial charge in [0, 0.05) is 5.57 Å². The van der Waals surface area contributed by atoms with Crippen LogP contribution in [0.1, 0.15) is 63.9 Å². The van der Waals surface area contributed by atoms with Crippen LogP contribution < -0.4 is 0 Å². The molecular weight excluding hydrogens is 568 g/mol. The Balaban J connectivity index is 1.87. The molecule has 0 radical (unpaired) electrons. The Bertz CT molecular complexity index is 2210. The molecule has 0 atom stereocenters. The highest BCUT2D eigenvalue weighted by atomic mass is 14.7. The third-order valence-corrected chi connectivity index (χ3v) is 8.09. The lowest BCUT2D eigenvalue weighted by atomic mass is 9.89. The molecule has 0 saturated heterocycles. The molecule has 0 aromatic heterocycles. The summed E-state index contributed by atoms with van der Waals surface area (Å²) >= 11 is 0. The summed E-state index contributed by atoms with van der Waals surface area (Å²) in [5.41, 5.74) is 6.26. The van der Waals surface area contributed by atoms with Crippen molar-refractivity contribution in [2.24, 2.45) is 0 Å². The van der Waals surface area contributed by atoms with Crippen LogP contribution in [0.5, 0.6) is 0 Å². The van der Waals surface area contributed by atoms with Crippen LogP contribution in [0, 0.1) is 71.6 Å². The number of hydrogen-bond acceptors (Lipinski definition) is 4. The van der Waals surface area contributed by atoms with Crippen LogP contribution in [0.4, 0.5) is 5.69 Å². The molecule has 5 rings (SSSR count). The van der Waals surface area contributed by atoms with E-state index < -0.39 is 0 Å². The Morgan fingerprint density at radius 1 is 0.652 bits per heavy atom. The maximum atomic E-state index is 10.4. The molecule has 0 spiro atoms. The van der Waals surface area contributed by atoms with Gasteiger partial charge >= 0.3 is 0 Å². The van der Waals surface area contributed by atoms with Gasteiger partial charge in [-0.25, -0.2) is 29.9 Å². The summed E-state index contributed by atoms with van der Waals surface area (Å²) in [4.78, 5) is 14.4. The van der Waals surface area contributed by atoms with E-state index in [2.05, 4.69) is 31.5 Å². The highest BCUT2D eigenvalue weighted by Gasteiger charge is 2.34. The summed E-state index contributed by atoms with van der Waals surface area (Å²) in [6, 6.07) is 22.0. The van der Waals surface area contributed by atoms with Crippen molar-refractivity contribution in [1.82, 2.24) is 0 Å². The van der Waals surface area contributed by atoms with Crippen molar-refractivity contribution in [3.63, 3.8) is 0 Å². The average molecular weight is 587 g/mol. The third-order valence-electron chi connectivity index (χ3n) is 8.09. The summed E-state index contributed by atoms with van der Waals surface area (Å²) in [5, 5.41) is 40.2. The Morgan fingerprint density at radius 3 is 1.76 bits per heavy atom. The molecule has 0 amide bonds. The molecule has 3 aromatic carbocycles. The van der Waals surface area contributed by atoms with E-state index in [1.807, 2.05) is 26.0 Å². The smallest absolute Gasteiger partial charge is 0.238 e. The number of aryl methyl sites for hydroxylation is 2. The van der Waals surface area contributed by atoms with Gasteiger partial charge in [0.25, 0.3) is 11.4 Å². The van der Waals surface area contributed by atoms with E-state index in [1.165, 1.54) is 0 Å². The zero-order chi connectivity index (χ0) is 33.1. The second-order valence-electron chi connectivity index (χ2n) is 10.2. The van der Waals surface area contributed by atoms with Gasteiger partial charge in [-0.15, -0.1) is 0 Å². The number of rotatable bonds is 4. The van der Waals surface area contributed by atoms with Crippen molar-refractivity contribution >= 4 is 39.2 Å². The van der Waals surface area contributed by atoms with Crippen LogP contribution in [-0.2, 0) is 12.8 Å². The van der Waals surface area contributed by atoms with E-state index in [4.69, 9.17) is 26.3 Å². The third kappa shape index (κ3) is 4.39. The molecule has 8 heteroatoms. The predicted octanol–water partition coefficient (Wildman–Crippen LogP) is 8.79. The number of benzene rings is 3.